The molecule has 2 nitrogen and oxygen atoms in total. The van der Waals surface area contributed by atoms with Gasteiger partial charge in [0.1, 0.15) is 5.82 Å². The molecule has 0 heterocycles. The molecule has 0 bridgehead atoms. The van der Waals surface area contributed by atoms with Gasteiger partial charge in [-0.15, -0.1) is 0 Å². The first-order valence-electron chi connectivity index (χ1n) is 6.18. The lowest BCUT2D eigenvalue weighted by molar-refractivity contribution is 0.0699. The summed E-state index contributed by atoms with van der Waals surface area (Å²) in [5.74, 6) is -1.24. The maximum absolute atomic E-state index is 13.0. The molecule has 3 heteroatoms. The fourth-order valence-corrected chi connectivity index (χ4v) is 2.37. The van der Waals surface area contributed by atoms with Gasteiger partial charge in [-0.25, -0.2) is 9.18 Å². The molecular weight excluding hydrogens is 255 g/mol. The van der Waals surface area contributed by atoms with Gasteiger partial charge >= 0.3 is 5.97 Å². The van der Waals surface area contributed by atoms with Crippen LogP contribution in [0, 0.1) is 5.82 Å². The van der Waals surface area contributed by atoms with Crippen molar-refractivity contribution in [2.45, 2.75) is 0 Å². The van der Waals surface area contributed by atoms with Crippen molar-refractivity contribution < 1.29 is 14.3 Å². The zero-order valence-electron chi connectivity index (χ0n) is 10.5. The van der Waals surface area contributed by atoms with E-state index < -0.39 is 5.97 Å². The van der Waals surface area contributed by atoms with Crippen LogP contribution < -0.4 is 0 Å². The molecule has 0 aromatic heterocycles. The quantitative estimate of drug-likeness (QED) is 0.749. The molecule has 0 unspecified atom stereocenters. The van der Waals surface area contributed by atoms with E-state index >= 15 is 0 Å². The van der Waals surface area contributed by atoms with E-state index in [0.29, 0.717) is 5.39 Å². The summed E-state index contributed by atoms with van der Waals surface area (Å²) in [6.45, 7) is 0. The van der Waals surface area contributed by atoms with Crippen LogP contribution in [0.1, 0.15) is 10.4 Å². The van der Waals surface area contributed by atoms with Crippen molar-refractivity contribution in [3.05, 3.63) is 72.0 Å². The molecule has 0 aliphatic carbocycles. The third-order valence-electron chi connectivity index (χ3n) is 3.31. The van der Waals surface area contributed by atoms with Crippen LogP contribution in [0.15, 0.2) is 60.7 Å². The molecule has 98 valence electrons. The monoisotopic (exact) mass is 266 g/mol. The van der Waals surface area contributed by atoms with E-state index in [1.165, 1.54) is 12.1 Å². The van der Waals surface area contributed by atoms with E-state index in [0.717, 1.165) is 16.5 Å². The fourth-order valence-electron chi connectivity index (χ4n) is 2.37. The summed E-state index contributed by atoms with van der Waals surface area (Å²) in [6, 6.07) is 16.9. The van der Waals surface area contributed by atoms with Gasteiger partial charge in [0.15, 0.2) is 0 Å². The number of hydrogen-bond donors (Lipinski definition) is 1. The lowest BCUT2D eigenvalue weighted by atomic mass is 9.95. The van der Waals surface area contributed by atoms with Crippen LogP contribution in [0.3, 0.4) is 0 Å². The number of benzene rings is 3. The van der Waals surface area contributed by atoms with Crippen molar-refractivity contribution in [1.29, 1.82) is 0 Å². The van der Waals surface area contributed by atoms with Gasteiger partial charge in [-0.2, -0.15) is 0 Å². The van der Waals surface area contributed by atoms with E-state index in [2.05, 4.69) is 0 Å². The van der Waals surface area contributed by atoms with Gasteiger partial charge in [-0.05, 0) is 40.1 Å². The Morgan fingerprint density at radius 1 is 0.850 bits per heavy atom. The zero-order valence-corrected chi connectivity index (χ0v) is 10.5. The van der Waals surface area contributed by atoms with Crippen LogP contribution in [0.4, 0.5) is 4.39 Å². The normalized spacial score (nSPS) is 10.7. The number of carbonyl (C=O) groups is 1. The summed E-state index contributed by atoms with van der Waals surface area (Å²) in [5, 5.41) is 10.8. The van der Waals surface area contributed by atoms with Crippen molar-refractivity contribution in [2.75, 3.05) is 0 Å². The van der Waals surface area contributed by atoms with Gasteiger partial charge in [0.2, 0.25) is 0 Å². The maximum atomic E-state index is 13.0. The van der Waals surface area contributed by atoms with E-state index in [1.807, 2.05) is 18.2 Å². The highest BCUT2D eigenvalue weighted by Crippen LogP contribution is 2.30. The standard InChI is InChI=1S/C17H11FO2/c18-12-7-5-11(6-8-12)13-9-10-16(17(19)20)15-4-2-1-3-14(13)15/h1-10H,(H,19,20). The number of carboxylic acid groups (broad SMARTS) is 1. The topological polar surface area (TPSA) is 37.3 Å². The van der Waals surface area contributed by atoms with Crippen LogP contribution in [-0.2, 0) is 0 Å². The largest absolute Gasteiger partial charge is 0.478 e. The lowest BCUT2D eigenvalue weighted by Gasteiger charge is -2.09. The Bertz CT molecular complexity index is 792. The molecule has 3 aromatic carbocycles. The molecule has 0 aliphatic rings. The lowest BCUT2D eigenvalue weighted by Crippen LogP contribution is -1.98. The number of hydrogen-bond acceptors (Lipinski definition) is 1. The molecule has 0 aliphatic heterocycles. The van der Waals surface area contributed by atoms with Gasteiger partial charge in [0, 0.05) is 0 Å². The van der Waals surface area contributed by atoms with Gasteiger partial charge in [0.25, 0.3) is 0 Å². The summed E-state index contributed by atoms with van der Waals surface area (Å²) in [5.41, 5.74) is 2.02. The van der Waals surface area contributed by atoms with Crippen molar-refractivity contribution in [3.8, 4) is 11.1 Å². The minimum Gasteiger partial charge on any atom is -0.478 e. The minimum absolute atomic E-state index is 0.270. The Morgan fingerprint density at radius 2 is 1.50 bits per heavy atom. The van der Waals surface area contributed by atoms with E-state index in [1.54, 1.807) is 30.3 Å². The summed E-state index contributed by atoms with van der Waals surface area (Å²) in [7, 11) is 0. The molecule has 3 aromatic rings. The van der Waals surface area contributed by atoms with Crippen molar-refractivity contribution in [1.82, 2.24) is 0 Å². The van der Waals surface area contributed by atoms with Crippen LogP contribution >= 0.6 is 0 Å². The van der Waals surface area contributed by atoms with Gasteiger partial charge in [-0.1, -0.05) is 42.5 Å². The minimum atomic E-state index is -0.952. The molecule has 3 rings (SSSR count). The predicted octanol–water partition coefficient (Wildman–Crippen LogP) is 4.34. The zero-order chi connectivity index (χ0) is 14.1. The first kappa shape index (κ1) is 12.4. The van der Waals surface area contributed by atoms with Crippen LogP contribution in [-0.4, -0.2) is 11.1 Å². The van der Waals surface area contributed by atoms with Crippen molar-refractivity contribution >= 4 is 16.7 Å². The second-order valence-corrected chi connectivity index (χ2v) is 4.52. The van der Waals surface area contributed by atoms with Crippen LogP contribution in [0.25, 0.3) is 21.9 Å². The number of carboxylic acids is 1. The Kier molecular flexibility index (Phi) is 2.95. The van der Waals surface area contributed by atoms with Gasteiger partial charge < -0.3 is 5.11 Å². The van der Waals surface area contributed by atoms with E-state index in [9.17, 15) is 14.3 Å². The average molecular weight is 266 g/mol. The van der Waals surface area contributed by atoms with Crippen molar-refractivity contribution in [3.63, 3.8) is 0 Å². The molecule has 20 heavy (non-hydrogen) atoms. The van der Waals surface area contributed by atoms with Crippen LogP contribution in [0.2, 0.25) is 0 Å². The Morgan fingerprint density at radius 3 is 2.15 bits per heavy atom. The molecule has 0 atom stereocenters. The Hall–Kier alpha value is -2.68. The van der Waals surface area contributed by atoms with Crippen LogP contribution in [0.5, 0.6) is 0 Å². The molecule has 0 saturated carbocycles. The Labute approximate surface area is 115 Å². The SMILES string of the molecule is O=C(O)c1ccc(-c2ccc(F)cc2)c2ccccc12. The molecule has 0 fully saturated rings. The number of halogens is 1. The average Bonchev–Trinajstić information content (AvgIpc) is 2.47. The predicted molar refractivity (Wildman–Crippen MR) is 76.3 cm³/mol. The highest BCUT2D eigenvalue weighted by atomic mass is 19.1. The third kappa shape index (κ3) is 2.03. The molecule has 0 radical (unpaired) electrons. The number of rotatable bonds is 2. The summed E-state index contributed by atoms with van der Waals surface area (Å²) >= 11 is 0. The molecule has 0 spiro atoms. The third-order valence-corrected chi connectivity index (χ3v) is 3.31. The maximum Gasteiger partial charge on any atom is 0.336 e. The van der Waals surface area contributed by atoms with E-state index in [4.69, 9.17) is 0 Å². The summed E-state index contributed by atoms with van der Waals surface area (Å²) < 4.78 is 13.0. The summed E-state index contributed by atoms with van der Waals surface area (Å²) in [4.78, 5) is 11.3. The summed E-state index contributed by atoms with van der Waals surface area (Å²) in [6.07, 6.45) is 0. The second kappa shape index (κ2) is 4.78. The van der Waals surface area contributed by atoms with Gasteiger partial charge in [-0.3, -0.25) is 0 Å². The number of fused-ring (bicyclic) bond motifs is 1. The van der Waals surface area contributed by atoms with Crippen molar-refractivity contribution in [2.24, 2.45) is 0 Å². The second-order valence-electron chi connectivity index (χ2n) is 4.52. The molecule has 0 saturated heterocycles. The smallest absolute Gasteiger partial charge is 0.336 e. The molecule has 0 amide bonds. The fraction of sp³-hybridized carbons (Fsp3) is 0. The first-order valence-corrected chi connectivity index (χ1v) is 6.18. The molecular formula is C17H11FO2. The molecule has 1 N–H and O–H groups in total. The Balaban J connectivity index is 2.30. The van der Waals surface area contributed by atoms with Gasteiger partial charge in [0.05, 0.1) is 5.56 Å². The number of aromatic carboxylic acids is 1. The van der Waals surface area contributed by atoms with E-state index in [-0.39, 0.29) is 11.4 Å². The highest BCUT2D eigenvalue weighted by Gasteiger charge is 2.11. The highest BCUT2D eigenvalue weighted by molar-refractivity contribution is 6.08. The first-order chi connectivity index (χ1) is 9.66.